The highest BCUT2D eigenvalue weighted by Gasteiger charge is 2.32. The SMILES string of the molecule is O=C(O)CCCCC(=O)NCc1ccc([C@H]2O[C@@H](CSc3nnnn3-c3ccccc3)C[C@@H](c3ccc(CO)cc3)O2)cc1. The van der Waals surface area contributed by atoms with Gasteiger partial charge < -0.3 is 25.0 Å². The molecular formula is C32H35N5O6S. The van der Waals surface area contributed by atoms with E-state index in [1.807, 2.05) is 78.9 Å². The smallest absolute Gasteiger partial charge is 0.303 e. The Kier molecular flexibility index (Phi) is 11.1. The second-order valence-electron chi connectivity index (χ2n) is 10.5. The summed E-state index contributed by atoms with van der Waals surface area (Å²) in [4.78, 5) is 22.8. The fourth-order valence-corrected chi connectivity index (χ4v) is 5.74. The molecule has 1 fully saturated rings. The molecule has 1 aromatic heterocycles. The predicted molar refractivity (Wildman–Crippen MR) is 163 cm³/mol. The normalized spacial score (nSPS) is 18.2. The molecule has 4 aromatic rings. The molecule has 1 amide bonds. The van der Waals surface area contributed by atoms with Crippen molar-refractivity contribution in [2.75, 3.05) is 5.75 Å². The van der Waals surface area contributed by atoms with Gasteiger partial charge in [-0.15, -0.1) is 5.10 Å². The van der Waals surface area contributed by atoms with Crippen molar-refractivity contribution < 1.29 is 29.3 Å². The molecule has 230 valence electrons. The van der Waals surface area contributed by atoms with Crippen molar-refractivity contribution in [1.29, 1.82) is 0 Å². The Bertz CT molecular complexity index is 1500. The first-order valence-corrected chi connectivity index (χ1v) is 15.5. The monoisotopic (exact) mass is 617 g/mol. The van der Waals surface area contributed by atoms with E-state index in [-0.39, 0.29) is 31.1 Å². The summed E-state index contributed by atoms with van der Waals surface area (Å²) in [6.07, 6.45) is 1.02. The van der Waals surface area contributed by atoms with E-state index >= 15 is 0 Å². The van der Waals surface area contributed by atoms with Crippen LogP contribution in [0.25, 0.3) is 5.69 Å². The summed E-state index contributed by atoms with van der Waals surface area (Å²) in [6.45, 7) is 0.351. The number of nitrogens with zero attached hydrogens (tertiary/aromatic N) is 4. The van der Waals surface area contributed by atoms with Crippen LogP contribution in [-0.2, 0) is 32.2 Å². The van der Waals surface area contributed by atoms with Gasteiger partial charge in [-0.25, -0.2) is 0 Å². The van der Waals surface area contributed by atoms with Gasteiger partial charge in [0.2, 0.25) is 11.1 Å². The number of rotatable bonds is 14. The summed E-state index contributed by atoms with van der Waals surface area (Å²) in [6, 6.07) is 25.2. The number of benzene rings is 3. The molecule has 3 aromatic carbocycles. The lowest BCUT2D eigenvalue weighted by molar-refractivity contribution is -0.245. The van der Waals surface area contributed by atoms with Crippen molar-refractivity contribution >= 4 is 23.6 Å². The topological polar surface area (TPSA) is 149 Å². The maximum Gasteiger partial charge on any atom is 0.303 e. The zero-order valence-corrected chi connectivity index (χ0v) is 24.9. The lowest BCUT2D eigenvalue weighted by atomic mass is 10.0. The van der Waals surface area contributed by atoms with Gasteiger partial charge >= 0.3 is 5.97 Å². The maximum absolute atomic E-state index is 12.1. The number of hydrogen-bond donors (Lipinski definition) is 3. The number of aliphatic hydroxyl groups excluding tert-OH is 1. The number of unbranched alkanes of at least 4 members (excludes halogenated alkanes) is 1. The van der Waals surface area contributed by atoms with Gasteiger partial charge in [-0.3, -0.25) is 9.59 Å². The van der Waals surface area contributed by atoms with Gasteiger partial charge in [0.1, 0.15) is 0 Å². The van der Waals surface area contributed by atoms with Crippen LogP contribution >= 0.6 is 11.8 Å². The van der Waals surface area contributed by atoms with E-state index in [9.17, 15) is 14.7 Å². The molecule has 1 aliphatic rings. The summed E-state index contributed by atoms with van der Waals surface area (Å²) in [5.41, 5.74) is 4.50. The summed E-state index contributed by atoms with van der Waals surface area (Å²) in [5, 5.41) is 34.0. The summed E-state index contributed by atoms with van der Waals surface area (Å²) in [5.74, 6) is -0.348. The minimum absolute atomic E-state index is 0.0234. The lowest BCUT2D eigenvalue weighted by Gasteiger charge is -2.36. The van der Waals surface area contributed by atoms with Crippen LogP contribution in [0, 0.1) is 0 Å². The van der Waals surface area contributed by atoms with Crippen LogP contribution in [0.2, 0.25) is 0 Å². The van der Waals surface area contributed by atoms with Crippen LogP contribution in [0.1, 0.15) is 66.8 Å². The maximum atomic E-state index is 12.1. The number of carbonyl (C=O) groups excluding carboxylic acids is 1. The fourth-order valence-electron chi connectivity index (χ4n) is 4.83. The Morgan fingerprint density at radius 3 is 2.34 bits per heavy atom. The molecule has 3 atom stereocenters. The van der Waals surface area contributed by atoms with Crippen LogP contribution < -0.4 is 5.32 Å². The molecule has 2 heterocycles. The average Bonchev–Trinajstić information content (AvgIpc) is 3.54. The number of hydrogen-bond acceptors (Lipinski definition) is 9. The van der Waals surface area contributed by atoms with Gasteiger partial charge in [0.25, 0.3) is 0 Å². The lowest BCUT2D eigenvalue weighted by Crippen LogP contribution is -2.31. The number of ether oxygens (including phenoxy) is 2. The number of aromatic nitrogens is 4. The largest absolute Gasteiger partial charge is 0.481 e. The Morgan fingerprint density at radius 1 is 0.909 bits per heavy atom. The summed E-state index contributed by atoms with van der Waals surface area (Å²) in [7, 11) is 0. The molecule has 44 heavy (non-hydrogen) atoms. The number of tetrazole rings is 1. The number of carbonyl (C=O) groups is 2. The average molecular weight is 618 g/mol. The van der Waals surface area contributed by atoms with Crippen LogP contribution in [0.4, 0.5) is 0 Å². The Morgan fingerprint density at radius 2 is 1.61 bits per heavy atom. The molecule has 0 aliphatic carbocycles. The quantitative estimate of drug-likeness (QED) is 0.134. The fraction of sp³-hybridized carbons (Fsp3) is 0.344. The zero-order chi connectivity index (χ0) is 30.7. The van der Waals surface area contributed by atoms with Gasteiger partial charge in [-0.05, 0) is 52.1 Å². The van der Waals surface area contributed by atoms with E-state index in [1.54, 1.807) is 4.68 Å². The van der Waals surface area contributed by atoms with Gasteiger partial charge in [-0.2, -0.15) is 4.68 Å². The van der Waals surface area contributed by atoms with E-state index in [4.69, 9.17) is 14.6 Å². The predicted octanol–water partition coefficient (Wildman–Crippen LogP) is 4.75. The van der Waals surface area contributed by atoms with Crippen molar-refractivity contribution in [3.8, 4) is 5.69 Å². The molecule has 1 aliphatic heterocycles. The molecule has 0 saturated carbocycles. The number of nitrogens with one attached hydrogen (secondary N) is 1. The van der Waals surface area contributed by atoms with Gasteiger partial charge in [0.15, 0.2) is 6.29 Å². The highest BCUT2D eigenvalue weighted by Crippen LogP contribution is 2.39. The second-order valence-corrected chi connectivity index (χ2v) is 11.5. The molecule has 11 nitrogen and oxygen atoms in total. The molecule has 0 bridgehead atoms. The van der Waals surface area contributed by atoms with Crippen molar-refractivity contribution in [2.24, 2.45) is 0 Å². The van der Waals surface area contributed by atoms with Crippen molar-refractivity contribution in [3.05, 3.63) is 101 Å². The van der Waals surface area contributed by atoms with Gasteiger partial charge in [0.05, 0.1) is 24.5 Å². The highest BCUT2D eigenvalue weighted by atomic mass is 32.2. The molecule has 12 heteroatoms. The minimum Gasteiger partial charge on any atom is -0.481 e. The number of thioether (sulfide) groups is 1. The molecule has 1 saturated heterocycles. The van der Waals surface area contributed by atoms with E-state index in [0.29, 0.717) is 43.1 Å². The van der Waals surface area contributed by atoms with Crippen LogP contribution in [0.15, 0.2) is 84.0 Å². The molecule has 3 N–H and O–H groups in total. The number of carboxylic acid groups (broad SMARTS) is 1. The Labute approximate surface area is 259 Å². The molecular weight excluding hydrogens is 582 g/mol. The van der Waals surface area contributed by atoms with Crippen molar-refractivity contribution in [3.63, 3.8) is 0 Å². The Balaban J connectivity index is 1.24. The van der Waals surface area contributed by atoms with Crippen molar-refractivity contribution in [1.82, 2.24) is 25.5 Å². The summed E-state index contributed by atoms with van der Waals surface area (Å²) < 4.78 is 14.6. The first-order chi connectivity index (χ1) is 21.5. The number of carboxylic acids is 1. The van der Waals surface area contributed by atoms with E-state index in [0.717, 1.165) is 27.9 Å². The second kappa shape index (κ2) is 15.6. The number of para-hydroxylation sites is 1. The van der Waals surface area contributed by atoms with Crippen molar-refractivity contribution in [2.45, 2.75) is 68.9 Å². The van der Waals surface area contributed by atoms with Crippen LogP contribution in [0.5, 0.6) is 0 Å². The van der Waals surface area contributed by atoms with Gasteiger partial charge in [0, 0.05) is 37.1 Å². The molecule has 0 unspecified atom stereocenters. The van der Waals surface area contributed by atoms with E-state index in [1.165, 1.54) is 11.8 Å². The summed E-state index contributed by atoms with van der Waals surface area (Å²) >= 11 is 1.52. The third-order valence-electron chi connectivity index (χ3n) is 7.24. The molecule has 0 radical (unpaired) electrons. The zero-order valence-electron chi connectivity index (χ0n) is 24.1. The number of amides is 1. The van der Waals surface area contributed by atoms with E-state index in [2.05, 4.69) is 20.8 Å². The standard InChI is InChI=1S/C32H35N5O6S/c38-20-23-12-14-24(15-13-23)28-18-27(21-44-32-34-35-36-37(32)26-6-2-1-3-7-26)42-31(43-28)25-16-10-22(11-17-25)19-33-29(39)8-4-5-9-30(40)41/h1-3,6-7,10-17,27-28,31,38H,4-5,8-9,18-21H2,(H,33,39)(H,40,41)/t27-,28+,31+/m1/s1. The first-order valence-electron chi connectivity index (χ1n) is 14.5. The van der Waals surface area contributed by atoms with E-state index < -0.39 is 12.3 Å². The minimum atomic E-state index is -0.850. The first kappa shape index (κ1) is 31.3. The third-order valence-corrected chi connectivity index (χ3v) is 8.29. The molecule has 5 rings (SSSR count). The number of aliphatic hydroxyl groups is 1. The Hall–Kier alpha value is -4.10. The third kappa shape index (κ3) is 8.73. The van der Waals surface area contributed by atoms with Gasteiger partial charge in [-0.1, -0.05) is 78.5 Å². The van der Waals surface area contributed by atoms with Crippen LogP contribution in [-0.4, -0.2) is 54.2 Å². The van der Waals surface area contributed by atoms with Crippen LogP contribution in [0.3, 0.4) is 0 Å². The highest BCUT2D eigenvalue weighted by molar-refractivity contribution is 7.99. The number of aliphatic carboxylic acids is 1. The molecule has 0 spiro atoms.